The van der Waals surface area contributed by atoms with Gasteiger partial charge < -0.3 is 20.1 Å². The summed E-state index contributed by atoms with van der Waals surface area (Å²) in [6.45, 7) is -0.468. The topological polar surface area (TPSA) is 87.0 Å². The SMILES string of the molecule is O=C1CC(O)O[C@H](CO)[C@H]1O. The highest BCUT2D eigenvalue weighted by molar-refractivity contribution is 5.84. The summed E-state index contributed by atoms with van der Waals surface area (Å²) in [5.41, 5.74) is 0. The molecule has 11 heavy (non-hydrogen) atoms. The van der Waals surface area contributed by atoms with Gasteiger partial charge in [0.25, 0.3) is 0 Å². The van der Waals surface area contributed by atoms with Crippen LogP contribution in [-0.4, -0.2) is 46.2 Å². The van der Waals surface area contributed by atoms with Crippen molar-refractivity contribution in [2.24, 2.45) is 0 Å². The Balaban J connectivity index is 2.58. The molecule has 64 valence electrons. The third-order valence-electron chi connectivity index (χ3n) is 1.57. The van der Waals surface area contributed by atoms with Gasteiger partial charge in [-0.2, -0.15) is 0 Å². The van der Waals surface area contributed by atoms with Gasteiger partial charge in [0, 0.05) is 0 Å². The van der Waals surface area contributed by atoms with Crippen LogP contribution in [0.15, 0.2) is 0 Å². The fraction of sp³-hybridized carbons (Fsp3) is 0.833. The molecule has 0 amide bonds. The Morgan fingerprint density at radius 3 is 2.73 bits per heavy atom. The molecule has 0 radical (unpaired) electrons. The Morgan fingerprint density at radius 1 is 1.55 bits per heavy atom. The Bertz CT molecular complexity index is 157. The molecule has 1 rings (SSSR count). The second-order valence-electron chi connectivity index (χ2n) is 2.43. The van der Waals surface area contributed by atoms with Gasteiger partial charge in [-0.25, -0.2) is 0 Å². The number of rotatable bonds is 1. The number of ether oxygens (including phenoxy) is 1. The van der Waals surface area contributed by atoms with Gasteiger partial charge in [0.05, 0.1) is 13.0 Å². The summed E-state index contributed by atoms with van der Waals surface area (Å²) in [6, 6.07) is 0. The Kier molecular flexibility index (Phi) is 2.56. The number of aliphatic hydroxyl groups excluding tert-OH is 3. The van der Waals surface area contributed by atoms with E-state index in [0.29, 0.717) is 0 Å². The molecule has 1 saturated heterocycles. The largest absolute Gasteiger partial charge is 0.394 e. The molecule has 0 bridgehead atoms. The van der Waals surface area contributed by atoms with Gasteiger partial charge >= 0.3 is 0 Å². The lowest BCUT2D eigenvalue weighted by Gasteiger charge is -2.28. The van der Waals surface area contributed by atoms with Crippen molar-refractivity contribution < 1.29 is 24.9 Å². The zero-order chi connectivity index (χ0) is 8.43. The average Bonchev–Trinajstić information content (AvgIpc) is 1.96. The standard InChI is InChI=1S/C6H10O5/c7-2-4-6(10)3(8)1-5(9)11-4/h4-7,9-10H,1-2H2/t4-,5?,6+/m1/s1. The molecule has 5 heteroatoms. The van der Waals surface area contributed by atoms with Crippen LogP contribution in [0.2, 0.25) is 0 Å². The van der Waals surface area contributed by atoms with Crippen molar-refractivity contribution in [2.75, 3.05) is 6.61 Å². The number of hydrogen-bond acceptors (Lipinski definition) is 5. The highest BCUT2D eigenvalue weighted by Crippen LogP contribution is 2.14. The molecule has 3 N–H and O–H groups in total. The summed E-state index contributed by atoms with van der Waals surface area (Å²) in [5, 5.41) is 26.4. The van der Waals surface area contributed by atoms with E-state index in [9.17, 15) is 4.79 Å². The molecule has 1 fully saturated rings. The van der Waals surface area contributed by atoms with Gasteiger partial charge in [-0.15, -0.1) is 0 Å². The van der Waals surface area contributed by atoms with Crippen LogP contribution in [0.25, 0.3) is 0 Å². The zero-order valence-electron chi connectivity index (χ0n) is 5.80. The van der Waals surface area contributed by atoms with Crippen LogP contribution in [0.5, 0.6) is 0 Å². The zero-order valence-corrected chi connectivity index (χ0v) is 5.80. The van der Waals surface area contributed by atoms with E-state index in [0.717, 1.165) is 0 Å². The maximum Gasteiger partial charge on any atom is 0.169 e. The van der Waals surface area contributed by atoms with Gasteiger partial charge in [-0.1, -0.05) is 0 Å². The maximum atomic E-state index is 10.8. The molecule has 3 atom stereocenters. The lowest BCUT2D eigenvalue weighted by atomic mass is 10.0. The van der Waals surface area contributed by atoms with Crippen molar-refractivity contribution in [1.82, 2.24) is 0 Å². The van der Waals surface area contributed by atoms with E-state index in [4.69, 9.17) is 15.3 Å². The van der Waals surface area contributed by atoms with E-state index in [1.165, 1.54) is 0 Å². The molecule has 1 unspecified atom stereocenters. The van der Waals surface area contributed by atoms with E-state index >= 15 is 0 Å². The fourth-order valence-electron chi connectivity index (χ4n) is 0.967. The second kappa shape index (κ2) is 3.27. The highest BCUT2D eigenvalue weighted by atomic mass is 16.6. The minimum absolute atomic E-state index is 0.211. The molecular weight excluding hydrogens is 152 g/mol. The van der Waals surface area contributed by atoms with E-state index in [1.54, 1.807) is 0 Å². The van der Waals surface area contributed by atoms with E-state index in [2.05, 4.69) is 4.74 Å². The monoisotopic (exact) mass is 162 g/mol. The summed E-state index contributed by atoms with van der Waals surface area (Å²) in [4.78, 5) is 10.8. The second-order valence-corrected chi connectivity index (χ2v) is 2.43. The molecule has 0 aromatic heterocycles. The number of ketones is 1. The summed E-state index contributed by atoms with van der Waals surface area (Å²) in [6.07, 6.45) is -3.69. The van der Waals surface area contributed by atoms with Crippen LogP contribution >= 0.6 is 0 Å². The average molecular weight is 162 g/mol. The molecule has 1 aliphatic heterocycles. The quantitative estimate of drug-likeness (QED) is 0.415. The summed E-state index contributed by atoms with van der Waals surface area (Å²) in [7, 11) is 0. The van der Waals surface area contributed by atoms with Crippen molar-refractivity contribution in [2.45, 2.75) is 24.9 Å². The van der Waals surface area contributed by atoms with Crippen molar-refractivity contribution in [3.8, 4) is 0 Å². The summed E-state index contributed by atoms with van der Waals surface area (Å²) < 4.78 is 4.65. The van der Waals surface area contributed by atoms with Crippen LogP contribution in [-0.2, 0) is 9.53 Å². The predicted octanol–water partition coefficient (Wildman–Crippen LogP) is -1.98. The molecule has 0 spiro atoms. The number of carbonyl (C=O) groups is 1. The fourth-order valence-corrected chi connectivity index (χ4v) is 0.967. The summed E-state index contributed by atoms with van der Waals surface area (Å²) in [5.74, 6) is -0.497. The smallest absolute Gasteiger partial charge is 0.169 e. The van der Waals surface area contributed by atoms with E-state index in [1.807, 2.05) is 0 Å². The first kappa shape index (κ1) is 8.61. The van der Waals surface area contributed by atoms with Gasteiger partial charge in [0.2, 0.25) is 0 Å². The first-order valence-electron chi connectivity index (χ1n) is 3.30. The number of Topliss-reactive ketones (excluding diaryl/α,β-unsaturated/α-hetero) is 1. The third kappa shape index (κ3) is 1.75. The molecule has 0 aliphatic carbocycles. The molecule has 0 aromatic carbocycles. The van der Waals surface area contributed by atoms with Crippen LogP contribution in [0.4, 0.5) is 0 Å². The van der Waals surface area contributed by atoms with E-state index < -0.39 is 30.9 Å². The first-order chi connectivity index (χ1) is 5.15. The van der Waals surface area contributed by atoms with Crippen molar-refractivity contribution in [3.05, 3.63) is 0 Å². The number of carbonyl (C=O) groups excluding carboxylic acids is 1. The number of hydrogen-bond donors (Lipinski definition) is 3. The third-order valence-corrected chi connectivity index (χ3v) is 1.57. The van der Waals surface area contributed by atoms with E-state index in [-0.39, 0.29) is 6.42 Å². The number of aliphatic hydroxyl groups is 3. The lowest BCUT2D eigenvalue weighted by Crippen LogP contribution is -2.47. The molecule has 0 aromatic rings. The minimum atomic E-state index is -1.30. The molecular formula is C6H10O5. The molecule has 1 aliphatic rings. The van der Waals surface area contributed by atoms with Crippen molar-refractivity contribution in [3.63, 3.8) is 0 Å². The van der Waals surface area contributed by atoms with Gasteiger partial charge in [0.1, 0.15) is 12.2 Å². The maximum absolute atomic E-state index is 10.8. The first-order valence-corrected chi connectivity index (χ1v) is 3.30. The van der Waals surface area contributed by atoms with Crippen LogP contribution in [0, 0.1) is 0 Å². The van der Waals surface area contributed by atoms with Crippen molar-refractivity contribution >= 4 is 5.78 Å². The summed E-state index contributed by atoms with van der Waals surface area (Å²) >= 11 is 0. The minimum Gasteiger partial charge on any atom is -0.394 e. The normalized spacial score (nSPS) is 39.2. The Morgan fingerprint density at radius 2 is 2.18 bits per heavy atom. The molecule has 0 saturated carbocycles. The van der Waals surface area contributed by atoms with Gasteiger partial charge in [-0.3, -0.25) is 4.79 Å². The van der Waals surface area contributed by atoms with Crippen LogP contribution in [0.3, 0.4) is 0 Å². The molecule has 1 heterocycles. The Hall–Kier alpha value is -0.490. The predicted molar refractivity (Wildman–Crippen MR) is 33.6 cm³/mol. The molecule has 5 nitrogen and oxygen atoms in total. The Labute approximate surface area is 63.2 Å². The lowest BCUT2D eigenvalue weighted by molar-refractivity contribution is -0.205. The van der Waals surface area contributed by atoms with Crippen LogP contribution in [0.1, 0.15) is 6.42 Å². The van der Waals surface area contributed by atoms with Gasteiger partial charge in [-0.05, 0) is 0 Å². The van der Waals surface area contributed by atoms with Crippen LogP contribution < -0.4 is 0 Å². The highest BCUT2D eigenvalue weighted by Gasteiger charge is 2.34. The van der Waals surface area contributed by atoms with Gasteiger partial charge in [0.15, 0.2) is 12.1 Å². The van der Waals surface area contributed by atoms with Crippen molar-refractivity contribution in [1.29, 1.82) is 0 Å².